The standard InChI is InChI=1S/C24H48O2P.BrH/c1-5-7-8-9-10-11-12-13-14-15-16-17-18-19-20-21-22-27(3,4)23-24(25)26-6-2;/h6H,2,5,7-23H2,1,3-4H3;1H/q+1;/p-1. The maximum absolute atomic E-state index is 11.6. The second-order valence-corrected chi connectivity index (χ2v) is 13.4. The van der Waals surface area contributed by atoms with E-state index in [4.69, 9.17) is 4.74 Å². The van der Waals surface area contributed by atoms with Crippen molar-refractivity contribution >= 4 is 13.2 Å². The van der Waals surface area contributed by atoms with Crippen molar-refractivity contribution in [2.24, 2.45) is 0 Å². The van der Waals surface area contributed by atoms with Crippen molar-refractivity contribution in [3.63, 3.8) is 0 Å². The van der Waals surface area contributed by atoms with Gasteiger partial charge in [-0.2, -0.15) is 0 Å². The van der Waals surface area contributed by atoms with Crippen molar-refractivity contribution in [1.29, 1.82) is 0 Å². The van der Waals surface area contributed by atoms with Crippen molar-refractivity contribution < 1.29 is 26.5 Å². The van der Waals surface area contributed by atoms with E-state index in [2.05, 4.69) is 26.8 Å². The average Bonchev–Trinajstić information content (AvgIpc) is 2.61. The van der Waals surface area contributed by atoms with Gasteiger partial charge in [-0.25, -0.2) is 4.79 Å². The van der Waals surface area contributed by atoms with E-state index in [1.807, 2.05) is 0 Å². The van der Waals surface area contributed by atoms with Crippen molar-refractivity contribution in [3.8, 4) is 0 Å². The Morgan fingerprint density at radius 2 is 1.11 bits per heavy atom. The Balaban J connectivity index is 0. The topological polar surface area (TPSA) is 26.3 Å². The van der Waals surface area contributed by atoms with Crippen LogP contribution < -0.4 is 17.0 Å². The Kier molecular flexibility index (Phi) is 23.6. The third-order valence-corrected chi connectivity index (χ3v) is 8.03. The van der Waals surface area contributed by atoms with Gasteiger partial charge in [-0.05, 0) is 12.8 Å². The van der Waals surface area contributed by atoms with Crippen LogP contribution in [-0.2, 0) is 9.53 Å². The number of ether oxygens (including phenoxy) is 1. The minimum atomic E-state index is -1.14. The highest BCUT2D eigenvalue weighted by atomic mass is 79.9. The Labute approximate surface area is 187 Å². The zero-order valence-corrected chi connectivity index (χ0v) is 21.6. The van der Waals surface area contributed by atoms with Crippen LogP contribution in [0.15, 0.2) is 12.8 Å². The summed E-state index contributed by atoms with van der Waals surface area (Å²) in [4.78, 5) is 11.6. The summed E-state index contributed by atoms with van der Waals surface area (Å²) >= 11 is 0. The predicted octanol–water partition coefficient (Wildman–Crippen LogP) is 5.22. The van der Waals surface area contributed by atoms with E-state index < -0.39 is 7.26 Å². The van der Waals surface area contributed by atoms with E-state index in [1.165, 1.54) is 115 Å². The molecule has 0 aliphatic rings. The second kappa shape index (κ2) is 21.8. The molecule has 0 aliphatic carbocycles. The fourth-order valence-corrected chi connectivity index (χ4v) is 5.66. The number of rotatable bonds is 20. The molecule has 2 nitrogen and oxygen atoms in total. The molecule has 0 N–H and O–H groups in total. The van der Waals surface area contributed by atoms with Crippen molar-refractivity contribution in [2.45, 2.75) is 110 Å². The van der Waals surface area contributed by atoms with Crippen LogP contribution in [-0.4, -0.2) is 31.6 Å². The summed E-state index contributed by atoms with van der Waals surface area (Å²) in [6.45, 7) is 10.3. The molecular weight excluding hydrogens is 431 g/mol. The summed E-state index contributed by atoms with van der Waals surface area (Å²) in [5.41, 5.74) is 0. The van der Waals surface area contributed by atoms with Crippen molar-refractivity contribution in [3.05, 3.63) is 12.8 Å². The predicted molar refractivity (Wildman–Crippen MR) is 124 cm³/mol. The third-order valence-electron chi connectivity index (χ3n) is 5.39. The van der Waals surface area contributed by atoms with Crippen molar-refractivity contribution in [2.75, 3.05) is 25.7 Å². The number of esters is 1. The van der Waals surface area contributed by atoms with Gasteiger partial charge in [0.15, 0.2) is 6.16 Å². The van der Waals surface area contributed by atoms with Crippen LogP contribution in [0.2, 0.25) is 0 Å². The zero-order valence-electron chi connectivity index (χ0n) is 19.2. The smallest absolute Gasteiger partial charge is 0.348 e. The number of hydrogen-bond donors (Lipinski definition) is 0. The fourth-order valence-electron chi connectivity index (χ4n) is 3.65. The number of carbonyl (C=O) groups is 1. The molecule has 0 aromatic rings. The van der Waals surface area contributed by atoms with E-state index in [9.17, 15) is 4.79 Å². The van der Waals surface area contributed by atoms with E-state index in [0.717, 1.165) is 0 Å². The molecule has 0 saturated heterocycles. The first-order chi connectivity index (χ1) is 13.0. The van der Waals surface area contributed by atoms with Gasteiger partial charge in [0.2, 0.25) is 0 Å². The van der Waals surface area contributed by atoms with Crippen LogP contribution in [0.4, 0.5) is 0 Å². The Morgan fingerprint density at radius 3 is 1.46 bits per heavy atom. The molecule has 0 aromatic heterocycles. The van der Waals surface area contributed by atoms with E-state index >= 15 is 0 Å². The van der Waals surface area contributed by atoms with Crippen LogP contribution in [0.5, 0.6) is 0 Å². The molecule has 0 radical (unpaired) electrons. The summed E-state index contributed by atoms with van der Waals surface area (Å²) in [7, 11) is -1.14. The highest BCUT2D eigenvalue weighted by Gasteiger charge is 2.28. The van der Waals surface area contributed by atoms with E-state index in [-0.39, 0.29) is 23.0 Å². The zero-order chi connectivity index (χ0) is 20.2. The Morgan fingerprint density at radius 1 is 0.750 bits per heavy atom. The van der Waals surface area contributed by atoms with Gasteiger partial charge in [0, 0.05) is 20.6 Å². The normalized spacial score (nSPS) is 11.1. The second-order valence-electron chi connectivity index (χ2n) is 8.78. The highest BCUT2D eigenvalue weighted by molar-refractivity contribution is 7.75. The quantitative estimate of drug-likeness (QED) is 0.104. The molecule has 0 unspecified atom stereocenters. The van der Waals surface area contributed by atoms with Gasteiger partial charge in [0.05, 0.1) is 12.4 Å². The molecule has 0 atom stereocenters. The number of halogens is 1. The Bertz CT molecular complexity index is 359. The molecule has 0 fully saturated rings. The van der Waals surface area contributed by atoms with Crippen LogP contribution in [0.1, 0.15) is 110 Å². The molecule has 0 aromatic carbocycles. The summed E-state index contributed by atoms with van der Waals surface area (Å²) in [5, 5.41) is 0. The number of unbranched alkanes of at least 4 members (excludes halogenated alkanes) is 15. The molecule has 0 spiro atoms. The lowest BCUT2D eigenvalue weighted by atomic mass is 10.0. The molecule has 28 heavy (non-hydrogen) atoms. The summed E-state index contributed by atoms with van der Waals surface area (Å²) in [6, 6.07) is 0. The van der Waals surface area contributed by atoms with E-state index in [1.54, 1.807) is 0 Å². The van der Waals surface area contributed by atoms with Gasteiger partial charge in [-0.15, -0.1) is 0 Å². The molecule has 0 amide bonds. The molecule has 0 bridgehead atoms. The maximum atomic E-state index is 11.6. The highest BCUT2D eigenvalue weighted by Crippen LogP contribution is 2.51. The number of hydrogen-bond acceptors (Lipinski definition) is 2. The monoisotopic (exact) mass is 478 g/mol. The van der Waals surface area contributed by atoms with E-state index in [0.29, 0.717) is 6.16 Å². The summed E-state index contributed by atoms with van der Waals surface area (Å²) in [5.74, 6) is -0.111. The molecule has 0 saturated carbocycles. The van der Waals surface area contributed by atoms with Gasteiger partial charge in [0.25, 0.3) is 0 Å². The first-order valence-electron chi connectivity index (χ1n) is 11.6. The molecule has 4 heteroatoms. The minimum absolute atomic E-state index is 0. The first-order valence-corrected chi connectivity index (χ1v) is 14.7. The first kappa shape index (κ1) is 30.3. The van der Waals surface area contributed by atoms with Gasteiger partial charge in [-0.1, -0.05) is 103 Å². The van der Waals surface area contributed by atoms with Crippen LogP contribution in [0.25, 0.3) is 0 Å². The third kappa shape index (κ3) is 22.4. The minimum Gasteiger partial charge on any atom is -1.00 e. The average molecular weight is 480 g/mol. The van der Waals surface area contributed by atoms with Crippen LogP contribution >= 0.6 is 7.26 Å². The molecular formula is C24H48BrO2P. The molecule has 0 rings (SSSR count). The number of carbonyl (C=O) groups excluding carboxylic acids is 1. The van der Waals surface area contributed by atoms with Crippen molar-refractivity contribution in [1.82, 2.24) is 0 Å². The molecule has 168 valence electrons. The van der Waals surface area contributed by atoms with Gasteiger partial charge >= 0.3 is 5.97 Å². The lowest BCUT2D eigenvalue weighted by Crippen LogP contribution is -3.00. The lowest BCUT2D eigenvalue weighted by Gasteiger charge is -2.16. The summed E-state index contributed by atoms with van der Waals surface area (Å²) in [6.07, 6.45) is 25.5. The molecule has 0 aliphatic heterocycles. The van der Waals surface area contributed by atoms with Gasteiger partial charge < -0.3 is 21.7 Å². The fraction of sp³-hybridized carbons (Fsp3) is 0.875. The lowest BCUT2D eigenvalue weighted by molar-refractivity contribution is -0.135. The van der Waals surface area contributed by atoms with Crippen LogP contribution in [0, 0.1) is 0 Å². The van der Waals surface area contributed by atoms with Crippen LogP contribution in [0.3, 0.4) is 0 Å². The largest absolute Gasteiger partial charge is 1.00 e. The van der Waals surface area contributed by atoms with Gasteiger partial charge in [0.1, 0.15) is 0 Å². The SMILES string of the molecule is C=COC(=O)C[P+](C)(C)CCCCCCCCCCCCCCCCCC.[Br-]. The maximum Gasteiger partial charge on any atom is 0.348 e. The molecule has 0 heterocycles. The summed E-state index contributed by atoms with van der Waals surface area (Å²) < 4.78 is 4.86. The van der Waals surface area contributed by atoms with Gasteiger partial charge in [-0.3, -0.25) is 0 Å². The Hall–Kier alpha value is 0.120.